The molecule has 0 unspecified atom stereocenters. The maximum absolute atomic E-state index is 2.42. The number of rotatable bonds is 7. The molecule has 11 aromatic rings. The summed E-state index contributed by atoms with van der Waals surface area (Å²) in [6, 6.07) is 86.4. The van der Waals surface area contributed by atoms with Crippen LogP contribution in [-0.2, 0) is 0 Å². The number of anilines is 3. The average Bonchev–Trinajstić information content (AvgIpc) is 3.32. The van der Waals surface area contributed by atoms with Crippen LogP contribution in [-0.4, -0.2) is 0 Å². The van der Waals surface area contributed by atoms with Gasteiger partial charge < -0.3 is 4.90 Å². The molecule has 11 rings (SSSR count). The Hall–Kier alpha value is -7.74. The van der Waals surface area contributed by atoms with Crippen LogP contribution < -0.4 is 4.90 Å². The maximum atomic E-state index is 2.42. The molecule has 11 aromatic carbocycles. The third kappa shape index (κ3) is 6.40. The van der Waals surface area contributed by atoms with Gasteiger partial charge in [0, 0.05) is 16.9 Å². The standard InChI is InChI=1S/C58H39N/c1-3-12-40(13-4-1)47-19-11-20-52(37-47)59(51-31-26-42(27-32-51)48-24-22-41-14-7-8-18-46(41)36-48)58-35-30-50(39-57(58)43-15-5-2-6-16-43)49-25-23-45-29-33-54-53-21-10-9-17-44(53)28-34-55(54)56(45)38-49/h1-39H. The van der Waals surface area contributed by atoms with Gasteiger partial charge in [0.25, 0.3) is 0 Å². The van der Waals surface area contributed by atoms with E-state index in [-0.39, 0.29) is 0 Å². The van der Waals surface area contributed by atoms with E-state index in [1.54, 1.807) is 0 Å². The highest BCUT2D eigenvalue weighted by Gasteiger charge is 2.20. The first-order valence-corrected chi connectivity index (χ1v) is 20.3. The molecule has 0 bridgehead atoms. The second kappa shape index (κ2) is 14.6. The minimum atomic E-state index is 1.09. The fraction of sp³-hybridized carbons (Fsp3) is 0. The summed E-state index contributed by atoms with van der Waals surface area (Å²) < 4.78 is 0. The van der Waals surface area contributed by atoms with Gasteiger partial charge in [-0.3, -0.25) is 0 Å². The minimum absolute atomic E-state index is 1.09. The van der Waals surface area contributed by atoms with E-state index in [4.69, 9.17) is 0 Å². The average molecular weight is 750 g/mol. The summed E-state index contributed by atoms with van der Waals surface area (Å²) in [6.45, 7) is 0. The lowest BCUT2D eigenvalue weighted by Crippen LogP contribution is -2.11. The van der Waals surface area contributed by atoms with E-state index in [0.29, 0.717) is 0 Å². The molecule has 0 heterocycles. The van der Waals surface area contributed by atoms with Gasteiger partial charge in [0.2, 0.25) is 0 Å². The maximum Gasteiger partial charge on any atom is 0.0540 e. The third-order valence-corrected chi connectivity index (χ3v) is 11.8. The molecule has 0 aliphatic rings. The predicted octanol–water partition coefficient (Wildman–Crippen LogP) is 16.4. The van der Waals surface area contributed by atoms with Gasteiger partial charge in [0.05, 0.1) is 5.69 Å². The first-order valence-electron chi connectivity index (χ1n) is 20.3. The van der Waals surface area contributed by atoms with Gasteiger partial charge in [0.15, 0.2) is 0 Å². The summed E-state index contributed by atoms with van der Waals surface area (Å²) in [5.74, 6) is 0. The molecule has 0 radical (unpaired) electrons. The molecule has 59 heavy (non-hydrogen) atoms. The highest BCUT2D eigenvalue weighted by molar-refractivity contribution is 6.17. The summed E-state index contributed by atoms with van der Waals surface area (Å²) in [6.07, 6.45) is 0. The number of benzene rings is 11. The lowest BCUT2D eigenvalue weighted by Gasteiger charge is -2.29. The Kier molecular flexibility index (Phi) is 8.56. The normalized spacial score (nSPS) is 11.4. The van der Waals surface area contributed by atoms with E-state index < -0.39 is 0 Å². The van der Waals surface area contributed by atoms with Crippen LogP contribution in [0.2, 0.25) is 0 Å². The molecule has 1 heteroatoms. The number of fused-ring (bicyclic) bond motifs is 6. The zero-order chi connectivity index (χ0) is 39.1. The summed E-state index contributed by atoms with van der Waals surface area (Å²) in [5.41, 5.74) is 12.8. The topological polar surface area (TPSA) is 3.24 Å². The molecule has 0 saturated carbocycles. The molecule has 0 fully saturated rings. The van der Waals surface area contributed by atoms with Crippen molar-refractivity contribution in [3.63, 3.8) is 0 Å². The first-order chi connectivity index (χ1) is 29.2. The Morgan fingerprint density at radius 3 is 1.51 bits per heavy atom. The summed E-state index contributed by atoms with van der Waals surface area (Å²) >= 11 is 0. The van der Waals surface area contributed by atoms with E-state index in [9.17, 15) is 0 Å². The van der Waals surface area contributed by atoms with Crippen molar-refractivity contribution in [3.8, 4) is 44.5 Å². The molecule has 0 atom stereocenters. The molecule has 1 nitrogen and oxygen atoms in total. The largest absolute Gasteiger partial charge is 0.310 e. The van der Waals surface area contributed by atoms with Crippen LogP contribution in [0, 0.1) is 0 Å². The Bertz CT molecular complexity index is 3310. The van der Waals surface area contributed by atoms with Gasteiger partial charge in [-0.1, -0.05) is 188 Å². The van der Waals surface area contributed by atoms with E-state index in [1.807, 2.05) is 0 Å². The molecule has 0 amide bonds. The number of hydrogen-bond acceptors (Lipinski definition) is 1. The van der Waals surface area contributed by atoms with E-state index in [1.165, 1.54) is 82.0 Å². The van der Waals surface area contributed by atoms with Crippen molar-refractivity contribution in [2.24, 2.45) is 0 Å². The van der Waals surface area contributed by atoms with Crippen LogP contribution in [0.25, 0.3) is 87.6 Å². The highest BCUT2D eigenvalue weighted by atomic mass is 15.1. The van der Waals surface area contributed by atoms with Crippen LogP contribution in [0.15, 0.2) is 237 Å². The molecular formula is C58H39N. The summed E-state index contributed by atoms with van der Waals surface area (Å²) in [5, 5.41) is 10.1. The van der Waals surface area contributed by atoms with Crippen molar-refractivity contribution in [1.82, 2.24) is 0 Å². The van der Waals surface area contributed by atoms with E-state index in [0.717, 1.165) is 22.6 Å². The van der Waals surface area contributed by atoms with Crippen molar-refractivity contribution in [3.05, 3.63) is 237 Å². The molecular weight excluding hydrogens is 711 g/mol. The smallest absolute Gasteiger partial charge is 0.0540 e. The minimum Gasteiger partial charge on any atom is -0.310 e. The Balaban J connectivity index is 1.08. The van der Waals surface area contributed by atoms with E-state index in [2.05, 4.69) is 241 Å². The lowest BCUT2D eigenvalue weighted by atomic mass is 9.92. The van der Waals surface area contributed by atoms with Crippen LogP contribution in [0.4, 0.5) is 17.1 Å². The molecule has 0 spiro atoms. The number of hydrogen-bond donors (Lipinski definition) is 0. The van der Waals surface area contributed by atoms with Gasteiger partial charge in [-0.15, -0.1) is 0 Å². The van der Waals surface area contributed by atoms with Gasteiger partial charge in [-0.2, -0.15) is 0 Å². The van der Waals surface area contributed by atoms with Gasteiger partial charge in [0.1, 0.15) is 0 Å². The molecule has 0 aliphatic heterocycles. The summed E-state index contributed by atoms with van der Waals surface area (Å²) in [7, 11) is 0. The third-order valence-electron chi connectivity index (χ3n) is 11.8. The van der Waals surface area contributed by atoms with E-state index >= 15 is 0 Å². The van der Waals surface area contributed by atoms with Crippen LogP contribution >= 0.6 is 0 Å². The Morgan fingerprint density at radius 1 is 0.220 bits per heavy atom. The molecule has 276 valence electrons. The first kappa shape index (κ1) is 34.5. The predicted molar refractivity (Wildman–Crippen MR) is 253 cm³/mol. The SMILES string of the molecule is c1ccc(-c2cccc(N(c3ccc(-c4ccc5ccccc5c4)cc3)c3ccc(-c4ccc5ccc6c7ccccc7ccc6c5c4)cc3-c3ccccc3)c2)cc1. The molecule has 0 saturated heterocycles. The molecule has 0 aromatic heterocycles. The van der Waals surface area contributed by atoms with Crippen molar-refractivity contribution in [2.75, 3.05) is 4.90 Å². The van der Waals surface area contributed by atoms with Crippen LogP contribution in [0.3, 0.4) is 0 Å². The second-order valence-corrected chi connectivity index (χ2v) is 15.3. The quantitative estimate of drug-likeness (QED) is 0.147. The fourth-order valence-corrected chi connectivity index (χ4v) is 8.81. The molecule has 0 N–H and O–H groups in total. The van der Waals surface area contributed by atoms with Crippen molar-refractivity contribution in [2.45, 2.75) is 0 Å². The number of nitrogens with zero attached hydrogens (tertiary/aromatic N) is 1. The van der Waals surface area contributed by atoms with Crippen LogP contribution in [0.5, 0.6) is 0 Å². The van der Waals surface area contributed by atoms with Crippen LogP contribution in [0.1, 0.15) is 0 Å². The molecule has 0 aliphatic carbocycles. The van der Waals surface area contributed by atoms with Crippen molar-refractivity contribution >= 4 is 60.2 Å². The highest BCUT2D eigenvalue weighted by Crippen LogP contribution is 2.44. The van der Waals surface area contributed by atoms with Crippen molar-refractivity contribution < 1.29 is 0 Å². The fourth-order valence-electron chi connectivity index (χ4n) is 8.81. The van der Waals surface area contributed by atoms with Gasteiger partial charge in [-0.05, 0) is 131 Å². The Morgan fingerprint density at radius 2 is 0.729 bits per heavy atom. The lowest BCUT2D eigenvalue weighted by molar-refractivity contribution is 1.28. The summed E-state index contributed by atoms with van der Waals surface area (Å²) in [4.78, 5) is 2.42. The zero-order valence-electron chi connectivity index (χ0n) is 32.5. The van der Waals surface area contributed by atoms with Gasteiger partial charge >= 0.3 is 0 Å². The monoisotopic (exact) mass is 749 g/mol. The second-order valence-electron chi connectivity index (χ2n) is 15.3. The Labute approximate surface area is 344 Å². The van der Waals surface area contributed by atoms with Gasteiger partial charge in [-0.25, -0.2) is 0 Å². The zero-order valence-corrected chi connectivity index (χ0v) is 32.5. The van der Waals surface area contributed by atoms with Crippen molar-refractivity contribution in [1.29, 1.82) is 0 Å².